The number of fused-ring (bicyclic) bond motifs is 1. The largest absolute Gasteiger partial charge is 0.376 e. The summed E-state index contributed by atoms with van der Waals surface area (Å²) in [4.78, 5) is 16.0. The number of amides is 1. The summed E-state index contributed by atoms with van der Waals surface area (Å²) in [7, 11) is 0. The van der Waals surface area contributed by atoms with Crippen molar-refractivity contribution in [2.75, 3.05) is 18.4 Å². The van der Waals surface area contributed by atoms with Crippen LogP contribution in [0.5, 0.6) is 0 Å². The first-order valence-electron chi connectivity index (χ1n) is 6.61. The molecular formula is C15H18ClN3O. The average Bonchev–Trinajstić information content (AvgIpc) is 2.42. The van der Waals surface area contributed by atoms with Gasteiger partial charge < -0.3 is 10.6 Å². The molecule has 2 rings (SSSR count). The molecule has 1 aromatic carbocycles. The van der Waals surface area contributed by atoms with E-state index in [1.54, 1.807) is 12.3 Å². The van der Waals surface area contributed by atoms with Gasteiger partial charge in [-0.2, -0.15) is 0 Å². The Morgan fingerprint density at radius 3 is 2.90 bits per heavy atom. The predicted molar refractivity (Wildman–Crippen MR) is 83.1 cm³/mol. The summed E-state index contributed by atoms with van der Waals surface area (Å²) in [5.41, 5.74) is 1.69. The molecule has 0 radical (unpaired) electrons. The van der Waals surface area contributed by atoms with Gasteiger partial charge in [0.25, 0.3) is 0 Å². The molecule has 0 aliphatic heterocycles. The highest BCUT2D eigenvalue weighted by Gasteiger charge is 2.05. The molecule has 5 heteroatoms. The van der Waals surface area contributed by atoms with Crippen LogP contribution in [0.1, 0.15) is 13.8 Å². The summed E-state index contributed by atoms with van der Waals surface area (Å²) in [6, 6.07) is 7.38. The van der Waals surface area contributed by atoms with Gasteiger partial charge in [-0.1, -0.05) is 25.4 Å². The van der Waals surface area contributed by atoms with Gasteiger partial charge in [-0.15, -0.1) is 0 Å². The van der Waals surface area contributed by atoms with Gasteiger partial charge in [0.2, 0.25) is 5.91 Å². The van der Waals surface area contributed by atoms with E-state index < -0.39 is 0 Å². The van der Waals surface area contributed by atoms with Crippen LogP contribution in [-0.2, 0) is 4.79 Å². The molecule has 4 nitrogen and oxygen atoms in total. The van der Waals surface area contributed by atoms with E-state index in [0.717, 1.165) is 16.6 Å². The van der Waals surface area contributed by atoms with Crippen LogP contribution in [0.3, 0.4) is 0 Å². The number of pyridine rings is 1. The van der Waals surface area contributed by atoms with Crippen molar-refractivity contribution in [3.8, 4) is 0 Å². The fraction of sp³-hybridized carbons (Fsp3) is 0.333. The number of anilines is 1. The Kier molecular flexibility index (Phi) is 4.79. The number of hydrogen-bond acceptors (Lipinski definition) is 3. The van der Waals surface area contributed by atoms with Crippen molar-refractivity contribution in [2.45, 2.75) is 13.8 Å². The minimum Gasteiger partial charge on any atom is -0.376 e. The van der Waals surface area contributed by atoms with Crippen LogP contribution in [-0.4, -0.2) is 24.0 Å². The van der Waals surface area contributed by atoms with Crippen LogP contribution in [0.2, 0.25) is 5.02 Å². The third-order valence-corrected chi connectivity index (χ3v) is 3.09. The van der Waals surface area contributed by atoms with Crippen LogP contribution < -0.4 is 10.6 Å². The summed E-state index contributed by atoms with van der Waals surface area (Å²) in [6.45, 7) is 5.06. The molecule has 0 unspecified atom stereocenters. The minimum atomic E-state index is -0.0161. The number of nitrogens with one attached hydrogen (secondary N) is 2. The van der Waals surface area contributed by atoms with Crippen molar-refractivity contribution in [2.24, 2.45) is 5.92 Å². The van der Waals surface area contributed by atoms with Crippen LogP contribution in [0.15, 0.2) is 30.5 Å². The number of nitrogens with zero attached hydrogens (tertiary/aromatic N) is 1. The number of benzene rings is 1. The summed E-state index contributed by atoms with van der Waals surface area (Å²) >= 11 is 5.94. The van der Waals surface area contributed by atoms with Crippen molar-refractivity contribution < 1.29 is 4.79 Å². The molecule has 0 saturated heterocycles. The molecule has 0 fully saturated rings. The zero-order valence-corrected chi connectivity index (χ0v) is 12.4. The number of aromatic nitrogens is 1. The van der Waals surface area contributed by atoms with Crippen molar-refractivity contribution in [3.63, 3.8) is 0 Å². The first kappa shape index (κ1) is 14.6. The molecule has 1 heterocycles. The van der Waals surface area contributed by atoms with E-state index in [1.807, 2.05) is 18.2 Å². The van der Waals surface area contributed by atoms with Crippen LogP contribution in [0, 0.1) is 5.92 Å². The minimum absolute atomic E-state index is 0.0161. The van der Waals surface area contributed by atoms with Crippen LogP contribution in [0.4, 0.5) is 5.69 Å². The van der Waals surface area contributed by atoms with Gasteiger partial charge >= 0.3 is 0 Å². The first-order chi connectivity index (χ1) is 9.56. The van der Waals surface area contributed by atoms with E-state index in [-0.39, 0.29) is 12.5 Å². The molecule has 0 atom stereocenters. The Labute approximate surface area is 123 Å². The summed E-state index contributed by atoms with van der Waals surface area (Å²) < 4.78 is 0. The van der Waals surface area contributed by atoms with Gasteiger partial charge in [-0.05, 0) is 30.2 Å². The summed E-state index contributed by atoms with van der Waals surface area (Å²) in [5, 5.41) is 7.61. The highest BCUT2D eigenvalue weighted by Crippen LogP contribution is 2.24. The zero-order chi connectivity index (χ0) is 14.5. The fourth-order valence-electron chi connectivity index (χ4n) is 1.83. The summed E-state index contributed by atoms with van der Waals surface area (Å²) in [5.74, 6) is 0.431. The highest BCUT2D eigenvalue weighted by molar-refractivity contribution is 6.31. The van der Waals surface area contributed by atoms with E-state index in [4.69, 9.17) is 11.6 Å². The molecule has 106 valence electrons. The SMILES string of the molecule is CC(C)CNC(=O)CNc1ccnc2cc(Cl)ccc12. The van der Waals surface area contributed by atoms with Crippen molar-refractivity contribution in [3.05, 3.63) is 35.5 Å². The number of carbonyl (C=O) groups excluding carboxylic acids is 1. The standard InChI is InChI=1S/C15H18ClN3O/c1-10(2)8-19-15(20)9-18-13-5-6-17-14-7-11(16)3-4-12(13)14/h3-7,10H,8-9H2,1-2H3,(H,17,18)(H,19,20). The third-order valence-electron chi connectivity index (χ3n) is 2.85. The normalized spacial score (nSPS) is 10.8. The van der Waals surface area contributed by atoms with E-state index in [9.17, 15) is 4.79 Å². The van der Waals surface area contributed by atoms with E-state index >= 15 is 0 Å². The number of hydrogen-bond donors (Lipinski definition) is 2. The second-order valence-corrected chi connectivity index (χ2v) is 5.51. The average molecular weight is 292 g/mol. The lowest BCUT2D eigenvalue weighted by Crippen LogP contribution is -2.32. The molecule has 0 aliphatic carbocycles. The maximum atomic E-state index is 11.7. The lowest BCUT2D eigenvalue weighted by molar-refractivity contribution is -0.119. The Morgan fingerprint density at radius 1 is 1.35 bits per heavy atom. The molecule has 0 bridgehead atoms. The molecule has 2 aromatic rings. The Bertz CT molecular complexity index is 613. The maximum Gasteiger partial charge on any atom is 0.239 e. The van der Waals surface area contributed by atoms with Gasteiger partial charge in [-0.25, -0.2) is 0 Å². The zero-order valence-electron chi connectivity index (χ0n) is 11.6. The van der Waals surface area contributed by atoms with Gasteiger partial charge in [0, 0.05) is 28.8 Å². The van der Waals surface area contributed by atoms with Gasteiger partial charge in [-0.3, -0.25) is 9.78 Å². The summed E-state index contributed by atoms with van der Waals surface area (Å²) in [6.07, 6.45) is 1.70. The lowest BCUT2D eigenvalue weighted by atomic mass is 10.2. The van der Waals surface area contributed by atoms with E-state index in [1.165, 1.54) is 0 Å². The quantitative estimate of drug-likeness (QED) is 0.890. The van der Waals surface area contributed by atoms with Crippen molar-refractivity contribution in [1.82, 2.24) is 10.3 Å². The molecule has 20 heavy (non-hydrogen) atoms. The second kappa shape index (κ2) is 6.57. The van der Waals surface area contributed by atoms with Crippen LogP contribution in [0.25, 0.3) is 10.9 Å². The smallest absolute Gasteiger partial charge is 0.239 e. The second-order valence-electron chi connectivity index (χ2n) is 5.07. The first-order valence-corrected chi connectivity index (χ1v) is 6.99. The fourth-order valence-corrected chi connectivity index (χ4v) is 2.00. The molecule has 1 amide bonds. The molecule has 0 spiro atoms. The van der Waals surface area contributed by atoms with E-state index in [2.05, 4.69) is 29.5 Å². The molecule has 2 N–H and O–H groups in total. The Hall–Kier alpha value is -1.81. The number of carbonyl (C=O) groups is 1. The van der Waals surface area contributed by atoms with Crippen molar-refractivity contribution >= 4 is 34.1 Å². The monoisotopic (exact) mass is 291 g/mol. The van der Waals surface area contributed by atoms with E-state index in [0.29, 0.717) is 17.5 Å². The predicted octanol–water partition coefficient (Wildman–Crippen LogP) is 3.07. The lowest BCUT2D eigenvalue weighted by Gasteiger charge is -2.11. The molecule has 0 saturated carbocycles. The maximum absolute atomic E-state index is 11.7. The molecule has 1 aromatic heterocycles. The Morgan fingerprint density at radius 2 is 2.15 bits per heavy atom. The highest BCUT2D eigenvalue weighted by atomic mass is 35.5. The van der Waals surface area contributed by atoms with Gasteiger partial charge in [0.05, 0.1) is 12.1 Å². The molecule has 0 aliphatic rings. The van der Waals surface area contributed by atoms with Crippen molar-refractivity contribution in [1.29, 1.82) is 0 Å². The number of halogens is 1. The number of rotatable bonds is 5. The molecular weight excluding hydrogens is 274 g/mol. The van der Waals surface area contributed by atoms with Gasteiger partial charge in [0.1, 0.15) is 0 Å². The van der Waals surface area contributed by atoms with Crippen LogP contribution >= 0.6 is 11.6 Å². The van der Waals surface area contributed by atoms with Gasteiger partial charge in [0.15, 0.2) is 0 Å². The Balaban J connectivity index is 2.05. The topological polar surface area (TPSA) is 54.0 Å². The third kappa shape index (κ3) is 3.84.